The predicted molar refractivity (Wildman–Crippen MR) is 129 cm³/mol. The number of nitrogens with zero attached hydrogens (tertiary/aromatic N) is 6. The van der Waals surface area contributed by atoms with Crippen LogP contribution in [0.2, 0.25) is 0 Å². The fourth-order valence-corrected chi connectivity index (χ4v) is 4.00. The number of hydrogen-bond acceptors (Lipinski definition) is 7. The number of carboxylic acid groups (broad SMARTS) is 1. The quantitative estimate of drug-likeness (QED) is 0.328. The molecule has 5 rings (SSSR count). The number of hydrogen-bond donors (Lipinski definition) is 1. The van der Waals surface area contributed by atoms with Crippen molar-refractivity contribution < 1.29 is 23.2 Å². The molecule has 37 heavy (non-hydrogen) atoms. The Labute approximate surface area is 209 Å². The summed E-state index contributed by atoms with van der Waals surface area (Å²) in [6, 6.07) is 16.8. The molecule has 9 nitrogen and oxygen atoms in total. The number of halogens is 2. The summed E-state index contributed by atoms with van der Waals surface area (Å²) < 4.78 is 35.7. The Hall–Kier alpha value is -4.93. The standard InChI is InChI=1S/C26H20F2N6O3/c1-33(23(26(35)36)16-7-3-2-4-8-16)25-19(28)14-29-24(30-25)21-13-22(20-11-12-37-32-20)34(31-21)15-17-9-5-6-10-18(17)27/h2-14,23H,15H2,1H3,(H,35,36). The Morgan fingerprint density at radius 2 is 1.81 bits per heavy atom. The number of aromatic nitrogens is 5. The van der Waals surface area contributed by atoms with Gasteiger partial charge in [0, 0.05) is 18.7 Å². The summed E-state index contributed by atoms with van der Waals surface area (Å²) in [6.45, 7) is 0.0813. The van der Waals surface area contributed by atoms with Crippen molar-refractivity contribution in [3.05, 3.63) is 102 Å². The molecule has 0 saturated heterocycles. The third-order valence-electron chi connectivity index (χ3n) is 5.78. The minimum absolute atomic E-state index is 0.0532. The Morgan fingerprint density at radius 3 is 2.51 bits per heavy atom. The number of benzene rings is 2. The molecule has 1 unspecified atom stereocenters. The maximum Gasteiger partial charge on any atom is 0.331 e. The summed E-state index contributed by atoms with van der Waals surface area (Å²) in [7, 11) is 1.44. The van der Waals surface area contributed by atoms with Crippen LogP contribution in [0.1, 0.15) is 17.2 Å². The molecule has 3 aromatic heterocycles. The van der Waals surface area contributed by atoms with Crippen LogP contribution in [0.3, 0.4) is 0 Å². The fourth-order valence-electron chi connectivity index (χ4n) is 4.00. The van der Waals surface area contributed by atoms with Crippen molar-refractivity contribution in [1.82, 2.24) is 24.9 Å². The minimum atomic E-state index is -1.19. The Morgan fingerprint density at radius 1 is 1.05 bits per heavy atom. The molecule has 0 aliphatic rings. The third-order valence-corrected chi connectivity index (χ3v) is 5.78. The summed E-state index contributed by atoms with van der Waals surface area (Å²) in [5, 5.41) is 18.4. The van der Waals surface area contributed by atoms with Crippen LogP contribution in [0.25, 0.3) is 22.9 Å². The largest absolute Gasteiger partial charge is 0.479 e. The van der Waals surface area contributed by atoms with Crippen molar-refractivity contribution in [2.45, 2.75) is 12.6 Å². The molecule has 5 aromatic rings. The van der Waals surface area contributed by atoms with Crippen molar-refractivity contribution in [2.75, 3.05) is 11.9 Å². The van der Waals surface area contributed by atoms with Gasteiger partial charge in [0.1, 0.15) is 23.5 Å². The highest BCUT2D eigenvalue weighted by molar-refractivity contribution is 5.79. The van der Waals surface area contributed by atoms with Crippen LogP contribution in [0.4, 0.5) is 14.6 Å². The molecule has 1 N–H and O–H groups in total. The number of rotatable bonds is 8. The first-order valence-corrected chi connectivity index (χ1v) is 11.2. The summed E-state index contributed by atoms with van der Waals surface area (Å²) in [5.74, 6) is -2.52. The summed E-state index contributed by atoms with van der Waals surface area (Å²) in [4.78, 5) is 21.7. The monoisotopic (exact) mass is 502 g/mol. The lowest BCUT2D eigenvalue weighted by Crippen LogP contribution is -2.32. The maximum atomic E-state index is 14.9. The summed E-state index contributed by atoms with van der Waals surface area (Å²) in [6.07, 6.45) is 2.36. The first-order chi connectivity index (χ1) is 17.9. The molecule has 0 fully saturated rings. The maximum absolute atomic E-state index is 14.9. The van der Waals surface area contributed by atoms with Gasteiger partial charge in [-0.05, 0) is 17.7 Å². The molecule has 0 bridgehead atoms. The van der Waals surface area contributed by atoms with E-state index in [0.29, 0.717) is 22.5 Å². The van der Waals surface area contributed by atoms with Gasteiger partial charge in [0.25, 0.3) is 0 Å². The zero-order valence-electron chi connectivity index (χ0n) is 19.5. The lowest BCUT2D eigenvalue weighted by molar-refractivity contribution is -0.138. The first-order valence-electron chi connectivity index (χ1n) is 11.2. The molecule has 3 heterocycles. The molecular formula is C26H20F2N6O3. The van der Waals surface area contributed by atoms with E-state index < -0.39 is 23.6 Å². The number of likely N-dealkylation sites (N-methyl/N-ethyl adjacent to an activating group) is 1. The highest BCUT2D eigenvalue weighted by Gasteiger charge is 2.28. The molecule has 0 aliphatic carbocycles. The molecule has 0 radical (unpaired) electrons. The molecule has 0 spiro atoms. The number of carboxylic acids is 1. The van der Waals surface area contributed by atoms with Crippen LogP contribution in [-0.4, -0.2) is 43.0 Å². The van der Waals surface area contributed by atoms with Crippen LogP contribution in [-0.2, 0) is 11.3 Å². The second kappa shape index (κ2) is 9.97. The predicted octanol–water partition coefficient (Wildman–Crippen LogP) is 4.58. The zero-order valence-corrected chi connectivity index (χ0v) is 19.5. The van der Waals surface area contributed by atoms with Crippen LogP contribution in [0, 0.1) is 11.6 Å². The Bertz CT molecular complexity index is 1540. The van der Waals surface area contributed by atoms with Gasteiger partial charge in [-0.3, -0.25) is 4.68 Å². The van der Waals surface area contributed by atoms with Crippen LogP contribution in [0.15, 0.2) is 83.7 Å². The highest BCUT2D eigenvalue weighted by atomic mass is 19.1. The molecule has 1 atom stereocenters. The average molecular weight is 502 g/mol. The van der Waals surface area contributed by atoms with Gasteiger partial charge in [0.15, 0.2) is 23.5 Å². The van der Waals surface area contributed by atoms with E-state index in [9.17, 15) is 18.7 Å². The van der Waals surface area contributed by atoms with Crippen LogP contribution < -0.4 is 4.90 Å². The van der Waals surface area contributed by atoms with E-state index in [1.54, 1.807) is 60.7 Å². The smallest absolute Gasteiger partial charge is 0.331 e. The number of carbonyl (C=O) groups is 1. The molecule has 0 saturated carbocycles. The molecule has 11 heteroatoms. The van der Waals surface area contributed by atoms with E-state index in [1.807, 2.05) is 0 Å². The van der Waals surface area contributed by atoms with Gasteiger partial charge >= 0.3 is 5.97 Å². The molecule has 186 valence electrons. The van der Waals surface area contributed by atoms with Gasteiger partial charge < -0.3 is 14.5 Å². The van der Waals surface area contributed by atoms with Crippen LogP contribution in [0.5, 0.6) is 0 Å². The Kier molecular flexibility index (Phi) is 6.42. The van der Waals surface area contributed by atoms with Crippen molar-refractivity contribution >= 4 is 11.8 Å². The molecular weight excluding hydrogens is 482 g/mol. The molecule has 0 amide bonds. The van der Waals surface area contributed by atoms with E-state index in [1.165, 1.54) is 29.0 Å². The molecule has 0 aliphatic heterocycles. The first kappa shape index (κ1) is 23.8. The average Bonchev–Trinajstić information content (AvgIpc) is 3.56. The molecule has 2 aromatic carbocycles. The van der Waals surface area contributed by atoms with E-state index in [0.717, 1.165) is 6.20 Å². The number of aliphatic carboxylic acids is 1. The Balaban J connectivity index is 1.56. The minimum Gasteiger partial charge on any atom is -0.479 e. The van der Waals surface area contributed by atoms with Gasteiger partial charge in [-0.1, -0.05) is 53.7 Å². The van der Waals surface area contributed by atoms with Gasteiger partial charge in [0.05, 0.1) is 18.4 Å². The lowest BCUT2D eigenvalue weighted by atomic mass is 10.1. The second-order valence-corrected chi connectivity index (χ2v) is 8.18. The van der Waals surface area contributed by atoms with Gasteiger partial charge in [-0.2, -0.15) is 5.10 Å². The fraction of sp³-hybridized carbons (Fsp3) is 0.115. The lowest BCUT2D eigenvalue weighted by Gasteiger charge is -2.26. The van der Waals surface area contributed by atoms with E-state index in [-0.39, 0.29) is 23.9 Å². The van der Waals surface area contributed by atoms with Gasteiger partial charge in [0.2, 0.25) is 0 Å². The van der Waals surface area contributed by atoms with Crippen molar-refractivity contribution in [1.29, 1.82) is 0 Å². The topological polar surface area (TPSA) is 110 Å². The van der Waals surface area contributed by atoms with Crippen molar-refractivity contribution in [3.8, 4) is 22.9 Å². The third kappa shape index (κ3) is 4.79. The highest BCUT2D eigenvalue weighted by Crippen LogP contribution is 2.30. The van der Waals surface area contributed by atoms with E-state index in [2.05, 4.69) is 20.2 Å². The second-order valence-electron chi connectivity index (χ2n) is 8.18. The SMILES string of the molecule is CN(c1nc(-c2cc(-c3ccon3)n(Cc3ccccc3F)n2)ncc1F)C(C(=O)O)c1ccccc1. The van der Waals surface area contributed by atoms with E-state index in [4.69, 9.17) is 4.52 Å². The van der Waals surface area contributed by atoms with Crippen LogP contribution >= 0.6 is 0 Å². The zero-order chi connectivity index (χ0) is 25.9. The normalized spacial score (nSPS) is 11.9. The van der Waals surface area contributed by atoms with Gasteiger partial charge in [-0.15, -0.1) is 0 Å². The summed E-state index contributed by atoms with van der Waals surface area (Å²) >= 11 is 0. The number of anilines is 1. The van der Waals surface area contributed by atoms with Gasteiger partial charge in [-0.25, -0.2) is 23.5 Å². The van der Waals surface area contributed by atoms with E-state index >= 15 is 0 Å². The van der Waals surface area contributed by atoms with Crippen molar-refractivity contribution in [2.24, 2.45) is 0 Å². The summed E-state index contributed by atoms with van der Waals surface area (Å²) in [5.41, 5.74) is 2.07. The van der Waals surface area contributed by atoms with Crippen molar-refractivity contribution in [3.63, 3.8) is 0 Å².